The molecule has 0 aromatic carbocycles. The first kappa shape index (κ1) is 15.8. The highest BCUT2D eigenvalue weighted by Crippen LogP contribution is 2.42. The number of hydrogen-bond acceptors (Lipinski definition) is 2. The third-order valence-electron chi connectivity index (χ3n) is 6.51. The van der Waals surface area contributed by atoms with Crippen LogP contribution in [0.25, 0.3) is 0 Å². The van der Waals surface area contributed by atoms with Crippen LogP contribution >= 0.6 is 0 Å². The molecule has 0 aromatic heterocycles. The maximum atomic E-state index is 3.93. The molecule has 21 heavy (non-hydrogen) atoms. The second kappa shape index (κ2) is 6.20. The molecule has 0 bridgehead atoms. The molecular formula is C19H36N2. The molecule has 122 valence electrons. The van der Waals surface area contributed by atoms with Crippen molar-refractivity contribution in [2.24, 2.45) is 5.41 Å². The molecule has 3 aliphatic rings. The number of nitrogens with one attached hydrogen (secondary N) is 1. The van der Waals surface area contributed by atoms with Gasteiger partial charge in [0.05, 0.1) is 0 Å². The van der Waals surface area contributed by atoms with E-state index in [2.05, 4.69) is 31.0 Å². The summed E-state index contributed by atoms with van der Waals surface area (Å²) in [5, 5.41) is 3.93. The Hall–Kier alpha value is -0.0800. The highest BCUT2D eigenvalue weighted by molar-refractivity contribution is 5.05. The monoisotopic (exact) mass is 292 g/mol. The lowest BCUT2D eigenvalue weighted by Gasteiger charge is -2.54. The lowest BCUT2D eigenvalue weighted by atomic mass is 9.80. The standard InChI is InChI=1S/C19H36N2/c1-18(2,3)17-14-21(16-10-6-4-5-7-11-16)19(15-20-17)12-8-9-13-19/h16-17,20H,4-15H2,1-3H3. The molecule has 0 radical (unpaired) electrons. The Morgan fingerprint density at radius 3 is 2.10 bits per heavy atom. The van der Waals surface area contributed by atoms with Crippen LogP contribution in [0.1, 0.15) is 85.0 Å². The fourth-order valence-electron chi connectivity index (χ4n) is 5.05. The molecule has 3 fully saturated rings. The Labute approximate surface area is 132 Å². The molecule has 1 N–H and O–H groups in total. The summed E-state index contributed by atoms with van der Waals surface area (Å²) in [4.78, 5) is 3.01. The summed E-state index contributed by atoms with van der Waals surface area (Å²) in [5.74, 6) is 0. The van der Waals surface area contributed by atoms with E-state index in [-0.39, 0.29) is 0 Å². The van der Waals surface area contributed by atoms with E-state index in [1.807, 2.05) is 0 Å². The van der Waals surface area contributed by atoms with Crippen molar-refractivity contribution < 1.29 is 0 Å². The molecule has 1 saturated heterocycles. The number of piperazine rings is 1. The van der Waals surface area contributed by atoms with Crippen molar-refractivity contribution in [3.8, 4) is 0 Å². The quantitative estimate of drug-likeness (QED) is 0.723. The highest BCUT2D eigenvalue weighted by atomic mass is 15.3. The van der Waals surface area contributed by atoms with Gasteiger partial charge in [-0.05, 0) is 31.1 Å². The van der Waals surface area contributed by atoms with Gasteiger partial charge in [-0.25, -0.2) is 0 Å². The zero-order chi connectivity index (χ0) is 14.9. The van der Waals surface area contributed by atoms with Crippen LogP contribution < -0.4 is 5.32 Å². The van der Waals surface area contributed by atoms with Crippen molar-refractivity contribution in [1.82, 2.24) is 10.2 Å². The maximum absolute atomic E-state index is 3.93. The Morgan fingerprint density at radius 1 is 0.905 bits per heavy atom. The summed E-state index contributed by atoms with van der Waals surface area (Å²) in [6.07, 6.45) is 14.6. The van der Waals surface area contributed by atoms with Gasteiger partial charge in [0.15, 0.2) is 0 Å². The zero-order valence-electron chi connectivity index (χ0n) is 14.6. The van der Waals surface area contributed by atoms with E-state index in [1.54, 1.807) is 0 Å². The summed E-state index contributed by atoms with van der Waals surface area (Å²) in [6, 6.07) is 1.53. The van der Waals surface area contributed by atoms with Crippen molar-refractivity contribution in [1.29, 1.82) is 0 Å². The molecule has 2 aliphatic carbocycles. The Morgan fingerprint density at radius 2 is 1.52 bits per heavy atom. The van der Waals surface area contributed by atoms with Crippen LogP contribution in [-0.2, 0) is 0 Å². The van der Waals surface area contributed by atoms with E-state index in [0.29, 0.717) is 17.0 Å². The summed E-state index contributed by atoms with van der Waals surface area (Å²) in [7, 11) is 0. The normalized spacial score (nSPS) is 32.4. The smallest absolute Gasteiger partial charge is 0.0337 e. The summed E-state index contributed by atoms with van der Waals surface area (Å²) >= 11 is 0. The van der Waals surface area contributed by atoms with Crippen molar-refractivity contribution in [3.63, 3.8) is 0 Å². The van der Waals surface area contributed by atoms with Gasteiger partial charge in [0, 0.05) is 30.7 Å². The summed E-state index contributed by atoms with van der Waals surface area (Å²) < 4.78 is 0. The van der Waals surface area contributed by atoms with Crippen LogP contribution in [-0.4, -0.2) is 35.6 Å². The van der Waals surface area contributed by atoms with Crippen molar-refractivity contribution in [2.75, 3.05) is 13.1 Å². The number of nitrogens with zero attached hydrogens (tertiary/aromatic N) is 1. The van der Waals surface area contributed by atoms with Crippen molar-refractivity contribution >= 4 is 0 Å². The van der Waals surface area contributed by atoms with Gasteiger partial charge in [-0.2, -0.15) is 0 Å². The first-order valence-corrected chi connectivity index (χ1v) is 9.51. The highest BCUT2D eigenvalue weighted by Gasteiger charge is 2.47. The van der Waals surface area contributed by atoms with Gasteiger partial charge < -0.3 is 5.32 Å². The minimum atomic E-state index is 0.378. The molecule has 2 nitrogen and oxygen atoms in total. The lowest BCUT2D eigenvalue weighted by molar-refractivity contribution is -0.0198. The molecule has 1 aliphatic heterocycles. The molecule has 1 atom stereocenters. The number of hydrogen-bond donors (Lipinski definition) is 1. The first-order valence-electron chi connectivity index (χ1n) is 9.51. The van der Waals surface area contributed by atoms with Crippen molar-refractivity contribution in [3.05, 3.63) is 0 Å². The topological polar surface area (TPSA) is 15.3 Å². The zero-order valence-corrected chi connectivity index (χ0v) is 14.6. The molecule has 0 aromatic rings. The van der Waals surface area contributed by atoms with Gasteiger partial charge in [0.2, 0.25) is 0 Å². The Kier molecular flexibility index (Phi) is 4.66. The van der Waals surface area contributed by atoms with E-state index in [9.17, 15) is 0 Å². The Bertz CT molecular complexity index is 330. The molecule has 2 heteroatoms. The Balaban J connectivity index is 1.79. The summed E-state index contributed by atoms with van der Waals surface area (Å²) in [5.41, 5.74) is 0.889. The third kappa shape index (κ3) is 3.32. The van der Waals surface area contributed by atoms with E-state index in [4.69, 9.17) is 0 Å². The van der Waals surface area contributed by atoms with Gasteiger partial charge >= 0.3 is 0 Å². The largest absolute Gasteiger partial charge is 0.310 e. The van der Waals surface area contributed by atoms with Crippen LogP contribution in [0.3, 0.4) is 0 Å². The van der Waals surface area contributed by atoms with E-state index >= 15 is 0 Å². The fourth-order valence-corrected chi connectivity index (χ4v) is 5.05. The molecule has 2 saturated carbocycles. The lowest BCUT2D eigenvalue weighted by Crippen LogP contribution is -2.68. The minimum absolute atomic E-state index is 0.378. The van der Waals surface area contributed by atoms with Gasteiger partial charge in [0.1, 0.15) is 0 Å². The predicted octanol–water partition coefficient (Wildman–Crippen LogP) is 4.34. The average Bonchev–Trinajstić information content (AvgIpc) is 2.73. The molecular weight excluding hydrogens is 256 g/mol. The van der Waals surface area contributed by atoms with Gasteiger partial charge in [0.25, 0.3) is 0 Å². The van der Waals surface area contributed by atoms with E-state index in [0.717, 1.165) is 6.04 Å². The molecule has 3 rings (SSSR count). The first-order chi connectivity index (χ1) is 10.0. The third-order valence-corrected chi connectivity index (χ3v) is 6.51. The predicted molar refractivity (Wildman–Crippen MR) is 90.6 cm³/mol. The van der Waals surface area contributed by atoms with Gasteiger partial charge in [-0.15, -0.1) is 0 Å². The maximum Gasteiger partial charge on any atom is 0.0337 e. The van der Waals surface area contributed by atoms with Crippen LogP contribution in [0.4, 0.5) is 0 Å². The number of rotatable bonds is 1. The second-order valence-corrected chi connectivity index (χ2v) is 9.03. The van der Waals surface area contributed by atoms with Gasteiger partial charge in [-0.1, -0.05) is 59.3 Å². The molecule has 1 heterocycles. The molecule has 0 amide bonds. The fraction of sp³-hybridized carbons (Fsp3) is 1.00. The molecule has 1 spiro atoms. The van der Waals surface area contributed by atoms with Crippen LogP contribution in [0, 0.1) is 5.41 Å². The minimum Gasteiger partial charge on any atom is -0.310 e. The van der Waals surface area contributed by atoms with E-state index in [1.165, 1.54) is 77.3 Å². The van der Waals surface area contributed by atoms with Crippen molar-refractivity contribution in [2.45, 2.75) is 103 Å². The van der Waals surface area contributed by atoms with Crippen LogP contribution in [0.15, 0.2) is 0 Å². The van der Waals surface area contributed by atoms with Crippen LogP contribution in [0.5, 0.6) is 0 Å². The SMILES string of the molecule is CC(C)(C)C1CN(C2CCCCCC2)C2(CCCC2)CN1. The average molecular weight is 293 g/mol. The molecule has 1 unspecified atom stereocenters. The van der Waals surface area contributed by atoms with E-state index < -0.39 is 0 Å². The summed E-state index contributed by atoms with van der Waals surface area (Å²) in [6.45, 7) is 9.74. The van der Waals surface area contributed by atoms with Crippen LogP contribution in [0.2, 0.25) is 0 Å². The second-order valence-electron chi connectivity index (χ2n) is 9.03. The van der Waals surface area contributed by atoms with Gasteiger partial charge in [-0.3, -0.25) is 4.90 Å².